The number of fused-ring (bicyclic) bond motifs is 1. The van der Waals surface area contributed by atoms with Gasteiger partial charge >= 0.3 is 0 Å². The highest BCUT2D eigenvalue weighted by molar-refractivity contribution is 9.10. The van der Waals surface area contributed by atoms with Crippen molar-refractivity contribution in [2.75, 3.05) is 0 Å². The second-order valence-corrected chi connectivity index (χ2v) is 6.32. The van der Waals surface area contributed by atoms with E-state index < -0.39 is 29.8 Å². The van der Waals surface area contributed by atoms with Gasteiger partial charge in [0.25, 0.3) is 12.3 Å². The number of amides is 1. The zero-order valence-corrected chi connectivity index (χ0v) is 14.4. The lowest BCUT2D eigenvalue weighted by atomic mass is 10.0. The van der Waals surface area contributed by atoms with Crippen molar-refractivity contribution in [2.45, 2.75) is 19.4 Å². The molecule has 130 valence electrons. The second kappa shape index (κ2) is 6.83. The molecular weight excluding hydrogens is 401 g/mol. The van der Waals surface area contributed by atoms with Crippen molar-refractivity contribution in [3.63, 3.8) is 0 Å². The van der Waals surface area contributed by atoms with E-state index in [0.29, 0.717) is 15.5 Å². The van der Waals surface area contributed by atoms with E-state index in [4.69, 9.17) is 0 Å². The Bertz CT molecular complexity index is 944. The molecule has 0 saturated carbocycles. The van der Waals surface area contributed by atoms with Crippen molar-refractivity contribution in [3.05, 3.63) is 57.3 Å². The third-order valence-corrected chi connectivity index (χ3v) is 4.21. The number of nitrogens with zero attached hydrogens (tertiary/aromatic N) is 2. The topological polar surface area (TPSA) is 70.7 Å². The molecule has 5 nitrogen and oxygen atoms in total. The number of rotatable bonds is 4. The Hall–Kier alpha value is -2.42. The van der Waals surface area contributed by atoms with Gasteiger partial charge in [0.2, 0.25) is 0 Å². The van der Waals surface area contributed by atoms with Gasteiger partial charge in [0.15, 0.2) is 0 Å². The van der Waals surface area contributed by atoms with Crippen molar-refractivity contribution in [1.29, 1.82) is 0 Å². The van der Waals surface area contributed by atoms with Crippen LogP contribution in [0, 0.1) is 5.82 Å². The maximum atomic E-state index is 14.2. The molecule has 0 unspecified atom stereocenters. The monoisotopic (exact) mass is 412 g/mol. The van der Waals surface area contributed by atoms with Crippen LogP contribution in [0.4, 0.5) is 13.2 Å². The summed E-state index contributed by atoms with van der Waals surface area (Å²) in [4.78, 5) is 12.5. The number of hydrogen-bond donors (Lipinski definition) is 2. The van der Waals surface area contributed by atoms with Gasteiger partial charge in [-0.1, -0.05) is 39.3 Å². The van der Waals surface area contributed by atoms with E-state index >= 15 is 0 Å². The van der Waals surface area contributed by atoms with Gasteiger partial charge in [0.05, 0.1) is 22.7 Å². The summed E-state index contributed by atoms with van der Waals surface area (Å²) in [5.41, 5.74) is 0.459. The quantitative estimate of drug-likeness (QED) is 0.671. The Morgan fingerprint density at radius 3 is 2.72 bits per heavy atom. The summed E-state index contributed by atoms with van der Waals surface area (Å²) < 4.78 is 40.5. The average molecular weight is 413 g/mol. The number of carbonyl (C=O) groups excluding carboxylic acids is 1. The zero-order chi connectivity index (χ0) is 18.1. The third kappa shape index (κ3) is 3.37. The first kappa shape index (κ1) is 17.4. The summed E-state index contributed by atoms with van der Waals surface area (Å²) in [6, 6.07) is 6.16. The Kier molecular flexibility index (Phi) is 4.76. The standard InChI is InChI=1S/C16H12BrF3N4O/c1-7(9-3-2-4-10(13(9)18)15(19)20)21-16(25)11-5-8(17)6-12-14(11)23-24-22-12/h2-7,15H,1H3,(H,21,25)(H,22,23,24)/t7-/m1/s1. The van der Waals surface area contributed by atoms with Gasteiger partial charge in [-0.2, -0.15) is 0 Å². The third-order valence-electron chi connectivity index (χ3n) is 3.75. The minimum atomic E-state index is -2.93. The number of alkyl halides is 2. The van der Waals surface area contributed by atoms with Crippen LogP contribution in [0.3, 0.4) is 0 Å². The molecule has 0 fully saturated rings. The van der Waals surface area contributed by atoms with E-state index in [1.54, 1.807) is 12.1 Å². The van der Waals surface area contributed by atoms with Gasteiger partial charge < -0.3 is 5.32 Å². The van der Waals surface area contributed by atoms with Gasteiger partial charge in [-0.25, -0.2) is 13.2 Å². The van der Waals surface area contributed by atoms with Gasteiger partial charge in [0, 0.05) is 10.0 Å². The second-order valence-electron chi connectivity index (χ2n) is 5.41. The maximum Gasteiger partial charge on any atom is 0.266 e. The highest BCUT2D eigenvalue weighted by Gasteiger charge is 2.22. The minimum absolute atomic E-state index is 0.0138. The van der Waals surface area contributed by atoms with E-state index in [1.807, 2.05) is 0 Å². The number of hydrogen-bond acceptors (Lipinski definition) is 3. The van der Waals surface area contributed by atoms with Crippen molar-refractivity contribution in [2.24, 2.45) is 0 Å². The summed E-state index contributed by atoms with van der Waals surface area (Å²) in [5.74, 6) is -1.53. The van der Waals surface area contributed by atoms with E-state index in [9.17, 15) is 18.0 Å². The summed E-state index contributed by atoms with van der Waals surface area (Å²) in [7, 11) is 0. The smallest absolute Gasteiger partial charge is 0.266 e. The molecule has 2 aromatic carbocycles. The normalized spacial score (nSPS) is 12.6. The fourth-order valence-electron chi connectivity index (χ4n) is 2.52. The first-order chi connectivity index (χ1) is 11.9. The highest BCUT2D eigenvalue weighted by atomic mass is 79.9. The zero-order valence-electron chi connectivity index (χ0n) is 12.9. The number of aromatic amines is 1. The maximum absolute atomic E-state index is 14.2. The minimum Gasteiger partial charge on any atom is -0.345 e. The van der Waals surface area contributed by atoms with Crippen LogP contribution in [-0.4, -0.2) is 21.3 Å². The van der Waals surface area contributed by atoms with Gasteiger partial charge in [-0.3, -0.25) is 9.89 Å². The number of carbonyl (C=O) groups is 1. The largest absolute Gasteiger partial charge is 0.345 e. The predicted molar refractivity (Wildman–Crippen MR) is 88.8 cm³/mol. The number of H-pyrrole nitrogens is 1. The van der Waals surface area contributed by atoms with Crippen LogP contribution in [0.1, 0.15) is 40.9 Å². The molecule has 3 aromatic rings. The van der Waals surface area contributed by atoms with Crippen LogP contribution in [0.5, 0.6) is 0 Å². The van der Waals surface area contributed by atoms with Gasteiger partial charge in [-0.15, -0.1) is 5.10 Å². The lowest BCUT2D eigenvalue weighted by Crippen LogP contribution is -2.27. The first-order valence-electron chi connectivity index (χ1n) is 7.26. The van der Waals surface area contributed by atoms with Crippen LogP contribution in [0.15, 0.2) is 34.8 Å². The van der Waals surface area contributed by atoms with Crippen molar-refractivity contribution >= 4 is 32.9 Å². The Morgan fingerprint density at radius 2 is 2.00 bits per heavy atom. The summed E-state index contributed by atoms with van der Waals surface area (Å²) in [6.45, 7) is 1.52. The summed E-state index contributed by atoms with van der Waals surface area (Å²) in [5, 5.41) is 12.7. The van der Waals surface area contributed by atoms with Crippen molar-refractivity contribution < 1.29 is 18.0 Å². The highest BCUT2D eigenvalue weighted by Crippen LogP contribution is 2.28. The molecule has 2 N–H and O–H groups in total. The molecule has 1 aromatic heterocycles. The Balaban J connectivity index is 1.90. The average Bonchev–Trinajstić information content (AvgIpc) is 3.01. The molecular formula is C16H12BrF3N4O. The van der Waals surface area contributed by atoms with Crippen LogP contribution in [-0.2, 0) is 0 Å². The number of benzene rings is 2. The van der Waals surface area contributed by atoms with Crippen LogP contribution in [0.2, 0.25) is 0 Å². The molecule has 3 rings (SSSR count). The molecule has 1 atom stereocenters. The van der Waals surface area contributed by atoms with Gasteiger partial charge in [0.1, 0.15) is 11.3 Å². The van der Waals surface area contributed by atoms with Gasteiger partial charge in [-0.05, 0) is 19.1 Å². The molecule has 0 aliphatic heterocycles. The lowest BCUT2D eigenvalue weighted by molar-refractivity contribution is 0.0940. The Morgan fingerprint density at radius 1 is 1.28 bits per heavy atom. The van der Waals surface area contributed by atoms with E-state index in [0.717, 1.165) is 6.07 Å². The number of nitrogens with one attached hydrogen (secondary N) is 2. The molecule has 0 aliphatic carbocycles. The molecule has 9 heteroatoms. The van der Waals surface area contributed by atoms with E-state index in [1.165, 1.54) is 19.1 Å². The molecule has 0 aliphatic rings. The van der Waals surface area contributed by atoms with Crippen molar-refractivity contribution in [3.8, 4) is 0 Å². The van der Waals surface area contributed by atoms with Crippen molar-refractivity contribution in [1.82, 2.24) is 20.7 Å². The molecule has 1 heterocycles. The molecule has 0 saturated heterocycles. The van der Waals surface area contributed by atoms with E-state index in [2.05, 4.69) is 36.7 Å². The Labute approximate surface area is 148 Å². The predicted octanol–water partition coefficient (Wildman–Crippen LogP) is 4.29. The summed E-state index contributed by atoms with van der Waals surface area (Å²) in [6.07, 6.45) is -2.93. The molecule has 1 amide bonds. The number of aromatic nitrogens is 3. The molecule has 25 heavy (non-hydrogen) atoms. The molecule has 0 radical (unpaired) electrons. The van der Waals surface area contributed by atoms with Crippen LogP contribution >= 0.6 is 15.9 Å². The SMILES string of the molecule is C[C@@H](NC(=O)c1cc(Br)cc2nn[nH]c12)c1cccc(C(F)F)c1F. The fraction of sp³-hybridized carbons (Fsp3) is 0.188. The van der Waals surface area contributed by atoms with Crippen LogP contribution in [0.25, 0.3) is 11.0 Å². The number of halogens is 4. The summed E-state index contributed by atoms with van der Waals surface area (Å²) >= 11 is 3.28. The lowest BCUT2D eigenvalue weighted by Gasteiger charge is -2.17. The van der Waals surface area contributed by atoms with Crippen LogP contribution < -0.4 is 5.32 Å². The first-order valence-corrected chi connectivity index (χ1v) is 8.05. The molecule has 0 bridgehead atoms. The van der Waals surface area contributed by atoms with E-state index in [-0.39, 0.29) is 11.1 Å². The molecule has 0 spiro atoms. The fourth-order valence-corrected chi connectivity index (χ4v) is 2.97.